The van der Waals surface area contributed by atoms with Crippen LogP contribution in [0, 0.1) is 6.92 Å². The number of aromatic nitrogens is 4. The van der Waals surface area contributed by atoms with Crippen LogP contribution in [0.2, 0.25) is 0 Å². The first-order chi connectivity index (χ1) is 9.00. The van der Waals surface area contributed by atoms with Gasteiger partial charge in [0.25, 0.3) is 6.43 Å². The monoisotopic (exact) mass is 288 g/mol. The Kier molecular flexibility index (Phi) is 3.84. The molecule has 1 N–H and O–H groups in total. The number of aryl methyl sites for hydroxylation is 3. The van der Waals surface area contributed by atoms with Crippen molar-refractivity contribution in [3.05, 3.63) is 27.5 Å². The summed E-state index contributed by atoms with van der Waals surface area (Å²) in [6.07, 6.45) is -2.47. The zero-order valence-corrected chi connectivity index (χ0v) is 10.7. The van der Waals surface area contributed by atoms with E-state index < -0.39 is 23.8 Å². The van der Waals surface area contributed by atoms with Crippen LogP contribution in [0.25, 0.3) is 0 Å². The fraction of sp³-hybridized carbons (Fsp3) is 0.400. The molecular formula is C10H10F2N4O2S. The van der Waals surface area contributed by atoms with E-state index in [0.29, 0.717) is 6.42 Å². The highest BCUT2D eigenvalue weighted by atomic mass is 32.1. The molecule has 6 nitrogen and oxygen atoms in total. The summed E-state index contributed by atoms with van der Waals surface area (Å²) in [5.41, 5.74) is 1.15. The lowest BCUT2D eigenvalue weighted by Gasteiger charge is -2.05. The number of hydrogen-bond donors (Lipinski definition) is 1. The van der Waals surface area contributed by atoms with Gasteiger partial charge in [0.15, 0.2) is 5.69 Å². The minimum absolute atomic E-state index is 0.142. The van der Waals surface area contributed by atoms with Crippen LogP contribution in [-0.4, -0.2) is 31.1 Å². The molecule has 0 aliphatic rings. The second-order valence-electron chi connectivity index (χ2n) is 3.76. The summed E-state index contributed by atoms with van der Waals surface area (Å²) >= 11 is 1.42. The Morgan fingerprint density at radius 1 is 1.58 bits per heavy atom. The second kappa shape index (κ2) is 5.39. The molecule has 19 heavy (non-hydrogen) atoms. The molecular weight excluding hydrogens is 278 g/mol. The van der Waals surface area contributed by atoms with Crippen LogP contribution in [0.3, 0.4) is 0 Å². The van der Waals surface area contributed by atoms with Crippen molar-refractivity contribution in [3.63, 3.8) is 0 Å². The van der Waals surface area contributed by atoms with Crippen LogP contribution in [0.1, 0.15) is 33.2 Å². The molecule has 102 valence electrons. The van der Waals surface area contributed by atoms with E-state index in [9.17, 15) is 13.6 Å². The highest BCUT2D eigenvalue weighted by Gasteiger charge is 2.26. The third-order valence-corrected chi connectivity index (χ3v) is 3.57. The number of hydrogen-bond acceptors (Lipinski definition) is 5. The van der Waals surface area contributed by atoms with E-state index in [1.54, 1.807) is 5.51 Å². The maximum Gasteiger partial charge on any atom is 0.358 e. The van der Waals surface area contributed by atoms with Gasteiger partial charge >= 0.3 is 5.97 Å². The Balaban J connectivity index is 2.21. The first kappa shape index (κ1) is 13.5. The van der Waals surface area contributed by atoms with Gasteiger partial charge in [0, 0.05) is 17.8 Å². The largest absolute Gasteiger partial charge is 0.476 e. The Bertz CT molecular complexity index is 596. The highest BCUT2D eigenvalue weighted by molar-refractivity contribution is 7.09. The van der Waals surface area contributed by atoms with Crippen molar-refractivity contribution < 1.29 is 18.7 Å². The molecule has 0 spiro atoms. The van der Waals surface area contributed by atoms with E-state index in [4.69, 9.17) is 5.11 Å². The molecule has 0 saturated heterocycles. The van der Waals surface area contributed by atoms with Crippen LogP contribution in [0.4, 0.5) is 8.78 Å². The molecule has 0 saturated carbocycles. The molecule has 0 aromatic carbocycles. The quantitative estimate of drug-likeness (QED) is 0.909. The Hall–Kier alpha value is -1.90. The molecule has 2 aromatic rings. The molecule has 2 aromatic heterocycles. The van der Waals surface area contributed by atoms with Crippen molar-refractivity contribution in [2.45, 2.75) is 26.3 Å². The summed E-state index contributed by atoms with van der Waals surface area (Å²) in [5, 5.41) is 15.5. The zero-order chi connectivity index (χ0) is 14.0. The maximum absolute atomic E-state index is 12.9. The number of thiazole rings is 1. The van der Waals surface area contributed by atoms with E-state index in [0.717, 1.165) is 15.3 Å². The molecule has 0 aliphatic carbocycles. The maximum atomic E-state index is 12.9. The summed E-state index contributed by atoms with van der Waals surface area (Å²) in [7, 11) is 0. The molecule has 0 unspecified atom stereocenters. The van der Waals surface area contributed by atoms with E-state index >= 15 is 0 Å². The predicted octanol–water partition coefficient (Wildman–Crippen LogP) is 1.92. The molecule has 0 fully saturated rings. The number of rotatable bonds is 5. The number of carboxylic acid groups (broad SMARTS) is 1. The Morgan fingerprint density at radius 3 is 2.84 bits per heavy atom. The van der Waals surface area contributed by atoms with E-state index in [1.165, 1.54) is 11.3 Å². The fourth-order valence-corrected chi connectivity index (χ4v) is 2.40. The molecule has 0 radical (unpaired) electrons. The molecule has 0 atom stereocenters. The fourth-order valence-electron chi connectivity index (χ4n) is 1.63. The molecule has 2 heterocycles. The van der Waals surface area contributed by atoms with Gasteiger partial charge in [-0.05, 0) is 6.92 Å². The standard InChI is InChI=1S/C10H10F2N4O2S/c1-5-6(19-4-13-5)2-3-16-8(9(11)12)7(10(17)18)14-15-16/h4,9H,2-3H2,1H3,(H,17,18). The number of halogens is 2. The minimum Gasteiger partial charge on any atom is -0.476 e. The number of alkyl halides is 2. The molecule has 0 aliphatic heterocycles. The zero-order valence-electron chi connectivity index (χ0n) is 9.88. The first-order valence-corrected chi connectivity index (χ1v) is 6.22. The van der Waals surface area contributed by atoms with Crippen molar-refractivity contribution in [1.29, 1.82) is 0 Å². The number of carbonyl (C=O) groups is 1. The number of aromatic carboxylic acids is 1. The minimum atomic E-state index is -2.93. The summed E-state index contributed by atoms with van der Waals surface area (Å²) in [6.45, 7) is 1.97. The smallest absolute Gasteiger partial charge is 0.358 e. The van der Waals surface area contributed by atoms with E-state index in [2.05, 4.69) is 15.3 Å². The van der Waals surface area contributed by atoms with E-state index in [1.807, 2.05) is 6.92 Å². The number of carboxylic acids is 1. The van der Waals surface area contributed by atoms with Crippen molar-refractivity contribution in [3.8, 4) is 0 Å². The third kappa shape index (κ3) is 2.75. The van der Waals surface area contributed by atoms with Crippen molar-refractivity contribution in [2.24, 2.45) is 0 Å². The second-order valence-corrected chi connectivity index (χ2v) is 4.70. The third-order valence-electron chi connectivity index (χ3n) is 2.58. The summed E-state index contributed by atoms with van der Waals surface area (Å²) in [4.78, 5) is 15.8. The van der Waals surface area contributed by atoms with Gasteiger partial charge in [-0.2, -0.15) is 0 Å². The number of nitrogens with zero attached hydrogens (tertiary/aromatic N) is 4. The van der Waals surface area contributed by atoms with Gasteiger partial charge < -0.3 is 5.11 Å². The molecule has 0 bridgehead atoms. The van der Waals surface area contributed by atoms with Crippen LogP contribution in [-0.2, 0) is 13.0 Å². The highest BCUT2D eigenvalue weighted by Crippen LogP contribution is 2.22. The van der Waals surface area contributed by atoms with Crippen molar-refractivity contribution >= 4 is 17.3 Å². The molecule has 9 heteroatoms. The van der Waals surface area contributed by atoms with Gasteiger partial charge in [0.05, 0.1) is 11.2 Å². The van der Waals surface area contributed by atoms with Crippen LogP contribution in [0.15, 0.2) is 5.51 Å². The van der Waals surface area contributed by atoms with Gasteiger partial charge in [-0.1, -0.05) is 5.21 Å². The average molecular weight is 288 g/mol. The summed E-state index contributed by atoms with van der Waals surface area (Å²) < 4.78 is 26.6. The van der Waals surface area contributed by atoms with Crippen LogP contribution in [0.5, 0.6) is 0 Å². The van der Waals surface area contributed by atoms with Crippen molar-refractivity contribution in [1.82, 2.24) is 20.0 Å². The van der Waals surface area contributed by atoms with Gasteiger partial charge in [0.1, 0.15) is 5.69 Å². The lowest BCUT2D eigenvalue weighted by Crippen LogP contribution is -2.10. The van der Waals surface area contributed by atoms with Gasteiger partial charge in [0.2, 0.25) is 0 Å². The predicted molar refractivity (Wildman–Crippen MR) is 62.5 cm³/mol. The van der Waals surface area contributed by atoms with Gasteiger partial charge in [-0.3, -0.25) is 0 Å². The van der Waals surface area contributed by atoms with E-state index in [-0.39, 0.29) is 6.54 Å². The topological polar surface area (TPSA) is 80.9 Å². The SMILES string of the molecule is Cc1ncsc1CCn1nnc(C(=O)O)c1C(F)F. The van der Waals surface area contributed by atoms with Gasteiger partial charge in [-0.15, -0.1) is 16.4 Å². The Labute approximate surface area is 110 Å². The Morgan fingerprint density at radius 2 is 2.32 bits per heavy atom. The lowest BCUT2D eigenvalue weighted by molar-refractivity contribution is 0.0675. The summed E-state index contributed by atoms with van der Waals surface area (Å²) in [5.74, 6) is -1.50. The molecule has 0 amide bonds. The molecule has 2 rings (SSSR count). The van der Waals surface area contributed by atoms with Gasteiger partial charge in [-0.25, -0.2) is 23.2 Å². The van der Waals surface area contributed by atoms with Crippen LogP contribution >= 0.6 is 11.3 Å². The normalized spacial score (nSPS) is 11.2. The average Bonchev–Trinajstić information content (AvgIpc) is 2.92. The van der Waals surface area contributed by atoms with Crippen molar-refractivity contribution in [2.75, 3.05) is 0 Å². The van der Waals surface area contributed by atoms with Crippen LogP contribution < -0.4 is 0 Å². The lowest BCUT2D eigenvalue weighted by atomic mass is 10.3. The summed E-state index contributed by atoms with van der Waals surface area (Å²) in [6, 6.07) is 0. The first-order valence-electron chi connectivity index (χ1n) is 5.34.